The van der Waals surface area contributed by atoms with E-state index >= 15 is 0 Å². The van der Waals surface area contributed by atoms with Gasteiger partial charge in [-0.3, -0.25) is 4.79 Å². The number of piperidine rings is 1. The van der Waals surface area contributed by atoms with E-state index in [1.807, 2.05) is 19.1 Å². The van der Waals surface area contributed by atoms with Crippen molar-refractivity contribution in [3.8, 4) is 0 Å². The van der Waals surface area contributed by atoms with Crippen LogP contribution < -0.4 is 0 Å². The molecular weight excluding hydrogens is 392 g/mol. The van der Waals surface area contributed by atoms with E-state index in [0.717, 1.165) is 30.4 Å². The molecule has 0 radical (unpaired) electrons. The molecule has 1 saturated heterocycles. The van der Waals surface area contributed by atoms with E-state index < -0.39 is 10.0 Å². The van der Waals surface area contributed by atoms with E-state index in [4.69, 9.17) is 9.26 Å². The summed E-state index contributed by atoms with van der Waals surface area (Å²) >= 11 is 0. The van der Waals surface area contributed by atoms with E-state index in [2.05, 4.69) is 5.16 Å². The van der Waals surface area contributed by atoms with Crippen LogP contribution in [0.5, 0.6) is 0 Å². The fourth-order valence-corrected chi connectivity index (χ4v) is 5.68. The van der Waals surface area contributed by atoms with Crippen molar-refractivity contribution in [2.75, 3.05) is 13.1 Å². The van der Waals surface area contributed by atoms with Gasteiger partial charge in [-0.2, -0.15) is 4.31 Å². The van der Waals surface area contributed by atoms with Gasteiger partial charge in [0, 0.05) is 13.1 Å². The second-order valence-corrected chi connectivity index (χ2v) is 9.81. The first-order chi connectivity index (χ1) is 13.9. The molecule has 0 unspecified atom stereocenters. The molecule has 4 rings (SSSR count). The summed E-state index contributed by atoms with van der Waals surface area (Å²) in [7, 11) is -3.53. The molecule has 8 heteroatoms. The normalized spacial score (nSPS) is 18.0. The number of hydrogen-bond donors (Lipinski definition) is 0. The number of ether oxygens (including phenoxy) is 1. The first-order valence-corrected chi connectivity index (χ1v) is 11.5. The van der Waals surface area contributed by atoms with E-state index in [1.54, 1.807) is 13.0 Å². The van der Waals surface area contributed by atoms with Gasteiger partial charge >= 0.3 is 5.97 Å². The first kappa shape index (κ1) is 20.1. The van der Waals surface area contributed by atoms with Crippen LogP contribution in [0.15, 0.2) is 27.6 Å². The van der Waals surface area contributed by atoms with Crippen molar-refractivity contribution < 1.29 is 22.5 Å². The highest BCUT2D eigenvalue weighted by atomic mass is 32.2. The molecule has 2 aromatic rings. The van der Waals surface area contributed by atoms with Crippen molar-refractivity contribution in [3.63, 3.8) is 0 Å². The summed E-state index contributed by atoms with van der Waals surface area (Å²) in [5, 5.41) is 3.85. The predicted molar refractivity (Wildman–Crippen MR) is 106 cm³/mol. The molecule has 0 spiro atoms. The van der Waals surface area contributed by atoms with Gasteiger partial charge in [0.15, 0.2) is 0 Å². The lowest BCUT2D eigenvalue weighted by Gasteiger charge is -2.30. The van der Waals surface area contributed by atoms with Crippen LogP contribution in [0.2, 0.25) is 0 Å². The summed E-state index contributed by atoms with van der Waals surface area (Å²) in [5.41, 5.74) is 3.90. The van der Waals surface area contributed by atoms with Gasteiger partial charge in [-0.25, -0.2) is 8.42 Å². The Morgan fingerprint density at radius 3 is 2.62 bits per heavy atom. The van der Waals surface area contributed by atoms with Gasteiger partial charge in [-0.05, 0) is 69.2 Å². The molecule has 1 aliphatic carbocycles. The molecule has 1 aliphatic heterocycles. The third-order valence-electron chi connectivity index (χ3n) is 6.03. The fourth-order valence-electron chi connectivity index (χ4n) is 4.16. The molecule has 0 amide bonds. The molecule has 1 aromatic heterocycles. The van der Waals surface area contributed by atoms with Gasteiger partial charge in [0.05, 0.1) is 22.1 Å². The molecule has 29 heavy (non-hydrogen) atoms. The van der Waals surface area contributed by atoms with Gasteiger partial charge in [-0.1, -0.05) is 11.2 Å². The van der Waals surface area contributed by atoms with Crippen molar-refractivity contribution in [2.45, 2.75) is 57.5 Å². The van der Waals surface area contributed by atoms with E-state index in [-0.39, 0.29) is 18.5 Å². The molecular formula is C21H26N2O5S. The van der Waals surface area contributed by atoms with Crippen LogP contribution in [0, 0.1) is 19.8 Å². The molecule has 2 aliphatic rings. The molecule has 7 nitrogen and oxygen atoms in total. The quantitative estimate of drug-likeness (QED) is 0.694. The molecule has 1 aromatic carbocycles. The van der Waals surface area contributed by atoms with Gasteiger partial charge in [0.1, 0.15) is 12.4 Å². The van der Waals surface area contributed by atoms with Crippen molar-refractivity contribution in [1.29, 1.82) is 0 Å². The topological polar surface area (TPSA) is 89.7 Å². The van der Waals surface area contributed by atoms with Crippen molar-refractivity contribution >= 4 is 16.0 Å². The largest absolute Gasteiger partial charge is 0.460 e. The molecule has 0 atom stereocenters. The van der Waals surface area contributed by atoms with Gasteiger partial charge in [0.25, 0.3) is 0 Å². The maximum Gasteiger partial charge on any atom is 0.309 e. The van der Waals surface area contributed by atoms with Crippen LogP contribution in [0.1, 0.15) is 47.4 Å². The van der Waals surface area contributed by atoms with E-state index in [1.165, 1.54) is 9.87 Å². The Hall–Kier alpha value is -2.19. The summed E-state index contributed by atoms with van der Waals surface area (Å²) in [6.45, 7) is 4.37. The zero-order chi connectivity index (χ0) is 20.6. The fraction of sp³-hybridized carbons (Fsp3) is 0.524. The monoisotopic (exact) mass is 418 g/mol. The van der Waals surface area contributed by atoms with E-state index in [9.17, 15) is 13.2 Å². The van der Waals surface area contributed by atoms with Gasteiger partial charge in [-0.15, -0.1) is 0 Å². The van der Waals surface area contributed by atoms with Crippen molar-refractivity contribution in [3.05, 3.63) is 46.3 Å². The molecule has 0 bridgehead atoms. The highest BCUT2D eigenvalue weighted by Gasteiger charge is 2.33. The average molecular weight is 419 g/mol. The summed E-state index contributed by atoms with van der Waals surface area (Å²) in [5.74, 6) is 0.0621. The molecule has 0 N–H and O–H groups in total. The number of rotatable bonds is 5. The maximum absolute atomic E-state index is 13.0. The predicted octanol–water partition coefficient (Wildman–Crippen LogP) is 2.92. The number of aryl methyl sites for hydroxylation is 4. The third kappa shape index (κ3) is 3.96. The number of hydrogen-bond acceptors (Lipinski definition) is 6. The third-order valence-corrected chi connectivity index (χ3v) is 7.93. The minimum Gasteiger partial charge on any atom is -0.460 e. The van der Waals surface area contributed by atoms with Crippen LogP contribution in [-0.2, 0) is 39.0 Å². The summed E-state index contributed by atoms with van der Waals surface area (Å²) in [4.78, 5) is 12.8. The van der Waals surface area contributed by atoms with Gasteiger partial charge < -0.3 is 9.26 Å². The number of nitrogens with zero attached hydrogens (tertiary/aromatic N) is 2. The highest BCUT2D eigenvalue weighted by Crippen LogP contribution is 2.29. The summed E-state index contributed by atoms with van der Waals surface area (Å²) < 4.78 is 38.0. The summed E-state index contributed by atoms with van der Waals surface area (Å²) in [6.07, 6.45) is 3.98. The maximum atomic E-state index is 13.0. The van der Waals surface area contributed by atoms with Crippen LogP contribution in [0.25, 0.3) is 0 Å². The minimum atomic E-state index is -3.53. The Morgan fingerprint density at radius 1 is 1.21 bits per heavy atom. The second kappa shape index (κ2) is 7.91. The first-order valence-electron chi connectivity index (χ1n) is 10.1. The number of esters is 1. The smallest absolute Gasteiger partial charge is 0.309 e. The number of aromatic nitrogens is 1. The Bertz CT molecular complexity index is 1000. The standard InChI is InChI=1S/C21H26N2O5S/c1-14-20(15(2)28-22-14)13-27-21(24)17-8-10-23(11-9-17)29(25,26)19-7-6-16-4-3-5-18(16)12-19/h6-7,12,17H,3-5,8-11,13H2,1-2H3. The van der Waals surface area contributed by atoms with Crippen LogP contribution in [-0.4, -0.2) is 36.9 Å². The molecule has 156 valence electrons. The zero-order valence-corrected chi connectivity index (χ0v) is 17.6. The molecule has 2 heterocycles. The Morgan fingerprint density at radius 2 is 1.93 bits per heavy atom. The van der Waals surface area contributed by atoms with Crippen molar-refractivity contribution in [2.24, 2.45) is 5.92 Å². The number of carbonyl (C=O) groups excluding carboxylic acids is 1. The van der Waals surface area contributed by atoms with Gasteiger partial charge in [0.2, 0.25) is 10.0 Å². The lowest BCUT2D eigenvalue weighted by molar-refractivity contribution is -0.151. The van der Waals surface area contributed by atoms with E-state index in [0.29, 0.717) is 42.3 Å². The van der Waals surface area contributed by atoms with Crippen LogP contribution in [0.3, 0.4) is 0 Å². The molecule has 0 saturated carbocycles. The molecule has 1 fully saturated rings. The Balaban J connectivity index is 1.35. The van der Waals surface area contributed by atoms with Crippen LogP contribution >= 0.6 is 0 Å². The van der Waals surface area contributed by atoms with Crippen molar-refractivity contribution in [1.82, 2.24) is 9.46 Å². The Labute approximate surface area is 171 Å². The lowest BCUT2D eigenvalue weighted by atomic mass is 9.98. The van der Waals surface area contributed by atoms with Crippen LogP contribution in [0.4, 0.5) is 0 Å². The second-order valence-electron chi connectivity index (χ2n) is 7.87. The number of fused-ring (bicyclic) bond motifs is 1. The SMILES string of the molecule is Cc1noc(C)c1COC(=O)C1CCN(S(=O)(=O)c2ccc3c(c2)CCC3)CC1. The highest BCUT2D eigenvalue weighted by molar-refractivity contribution is 7.89. The average Bonchev–Trinajstić information content (AvgIpc) is 3.32. The number of benzene rings is 1. The number of sulfonamides is 1. The zero-order valence-electron chi connectivity index (χ0n) is 16.8. The lowest BCUT2D eigenvalue weighted by Crippen LogP contribution is -2.40. The Kier molecular flexibility index (Phi) is 5.48. The minimum absolute atomic E-state index is 0.133. The number of carbonyl (C=O) groups is 1. The summed E-state index contributed by atoms with van der Waals surface area (Å²) in [6, 6.07) is 5.47.